The van der Waals surface area contributed by atoms with Gasteiger partial charge in [-0.15, -0.1) is 0 Å². The smallest absolute Gasteiger partial charge is 0.325 e. The number of hydrazine groups is 1. The van der Waals surface area contributed by atoms with E-state index in [1.807, 2.05) is 64.1 Å². The second-order valence-electron chi connectivity index (χ2n) is 11.1. The minimum Gasteiger partial charge on any atom is -0.457 e. The lowest BCUT2D eigenvalue weighted by molar-refractivity contribution is -0.157. The van der Waals surface area contributed by atoms with Gasteiger partial charge in [0, 0.05) is 13.7 Å². The van der Waals surface area contributed by atoms with Crippen molar-refractivity contribution >= 4 is 29.8 Å². The summed E-state index contributed by atoms with van der Waals surface area (Å²) in [5.74, 6) is -1.97. The number of carbonyl (C=O) groups excluding carboxylic acids is 4. The molecule has 10 heteroatoms. The Morgan fingerprint density at radius 3 is 2.48 bits per heavy atom. The first kappa shape index (κ1) is 31.3. The van der Waals surface area contributed by atoms with Crippen molar-refractivity contribution in [1.82, 2.24) is 21.1 Å². The van der Waals surface area contributed by atoms with Crippen molar-refractivity contribution in [3.05, 3.63) is 41.5 Å². The van der Waals surface area contributed by atoms with Crippen LogP contribution in [0, 0.1) is 11.8 Å². The summed E-state index contributed by atoms with van der Waals surface area (Å²) in [6.07, 6.45) is 5.41. The quantitative estimate of drug-likeness (QED) is 0.478. The van der Waals surface area contributed by atoms with Gasteiger partial charge in [0.2, 0.25) is 11.8 Å². The zero-order valence-electron chi connectivity index (χ0n) is 24.4. The van der Waals surface area contributed by atoms with Gasteiger partial charge < -0.3 is 20.1 Å². The molecule has 6 atom stereocenters. The van der Waals surface area contributed by atoms with Crippen molar-refractivity contribution < 1.29 is 28.7 Å². The molecular formula is C30H44N4O6. The minimum absolute atomic E-state index is 0.104. The summed E-state index contributed by atoms with van der Waals surface area (Å²) in [7, 11) is 1.49. The van der Waals surface area contributed by atoms with E-state index in [2.05, 4.69) is 16.1 Å². The Hall–Kier alpha value is -3.24. The van der Waals surface area contributed by atoms with E-state index in [1.165, 1.54) is 12.1 Å². The van der Waals surface area contributed by atoms with Gasteiger partial charge in [-0.3, -0.25) is 24.2 Å². The topological polar surface area (TPSA) is 126 Å². The molecule has 1 aromatic rings. The predicted octanol–water partition coefficient (Wildman–Crippen LogP) is 2.89. The molecule has 3 amide bonds. The first-order valence-corrected chi connectivity index (χ1v) is 14.2. The van der Waals surface area contributed by atoms with Crippen LogP contribution < -0.4 is 16.1 Å². The van der Waals surface area contributed by atoms with E-state index >= 15 is 0 Å². The fourth-order valence-corrected chi connectivity index (χ4v) is 5.05. The number of carbonyl (C=O) groups is 4. The van der Waals surface area contributed by atoms with Crippen molar-refractivity contribution in [2.45, 2.75) is 90.6 Å². The number of esters is 1. The van der Waals surface area contributed by atoms with E-state index < -0.39 is 42.2 Å². The lowest BCUT2D eigenvalue weighted by Crippen LogP contribution is -2.61. The summed E-state index contributed by atoms with van der Waals surface area (Å²) in [6, 6.07) is 5.39. The molecule has 10 nitrogen and oxygen atoms in total. The number of amides is 3. The van der Waals surface area contributed by atoms with Gasteiger partial charge in [-0.25, -0.2) is 5.43 Å². The lowest BCUT2D eigenvalue weighted by Gasteiger charge is -2.35. The van der Waals surface area contributed by atoms with Crippen LogP contribution in [0.4, 0.5) is 0 Å². The van der Waals surface area contributed by atoms with Crippen molar-refractivity contribution in [2.75, 3.05) is 13.7 Å². The van der Waals surface area contributed by atoms with Crippen LogP contribution in [0.25, 0.3) is 6.08 Å². The van der Waals surface area contributed by atoms with Crippen LogP contribution in [0.5, 0.6) is 0 Å². The summed E-state index contributed by atoms with van der Waals surface area (Å²) in [5.41, 5.74) is 4.82. The first-order valence-electron chi connectivity index (χ1n) is 14.2. The highest BCUT2D eigenvalue weighted by atomic mass is 16.5. The van der Waals surface area contributed by atoms with Crippen LogP contribution in [0.15, 0.2) is 30.3 Å². The molecule has 0 aliphatic carbocycles. The fourth-order valence-electron chi connectivity index (χ4n) is 5.05. The largest absolute Gasteiger partial charge is 0.457 e. The molecule has 2 aliphatic rings. The Bertz CT molecular complexity index is 1090. The van der Waals surface area contributed by atoms with E-state index in [0.29, 0.717) is 25.8 Å². The van der Waals surface area contributed by atoms with Crippen molar-refractivity contribution in [3.63, 3.8) is 0 Å². The number of ether oxygens (including phenoxy) is 2. The van der Waals surface area contributed by atoms with Gasteiger partial charge in [0.1, 0.15) is 30.3 Å². The molecule has 3 N–H and O–H groups in total. The van der Waals surface area contributed by atoms with E-state index in [9.17, 15) is 19.2 Å². The number of allylic oxidation sites excluding steroid dienone is 1. The molecule has 1 aromatic carbocycles. The summed E-state index contributed by atoms with van der Waals surface area (Å²) >= 11 is 0. The maximum Gasteiger partial charge on any atom is 0.325 e. The zero-order chi connectivity index (χ0) is 29.4. The van der Waals surface area contributed by atoms with Crippen LogP contribution >= 0.6 is 0 Å². The summed E-state index contributed by atoms with van der Waals surface area (Å²) in [6.45, 7) is 9.41. The normalized spacial score (nSPS) is 30.4. The molecule has 40 heavy (non-hydrogen) atoms. The molecule has 220 valence electrons. The average Bonchev–Trinajstić information content (AvgIpc) is 2.93. The Morgan fingerprint density at radius 2 is 1.77 bits per heavy atom. The molecule has 0 spiro atoms. The summed E-state index contributed by atoms with van der Waals surface area (Å²) in [4.78, 5) is 52.5. The predicted molar refractivity (Wildman–Crippen MR) is 151 cm³/mol. The number of hydrogen-bond donors (Lipinski definition) is 3. The molecular weight excluding hydrogens is 512 g/mol. The van der Waals surface area contributed by atoms with Crippen molar-refractivity contribution in [1.29, 1.82) is 0 Å². The standard InChI is InChI=1S/C30H44N4O6/c1-18(2)25-27(35)31-20(4)29(37)34-16-10-15-24(33-34)30(38)40-21(5)23-14-9-13-22(17-23)12-8-7-11-19(3)26(39-6)28(36)32-25/h8-9,12-14,17-21,24-26,33H,7,10-11,15-16H2,1-6H3,(H,31,35)(H,32,36)/b12-8+/t19-,20+,21-,24+,25+,26-/m1/s1. The average molecular weight is 557 g/mol. The number of fused-ring (bicyclic) bond motifs is 4. The van der Waals surface area contributed by atoms with Gasteiger partial charge >= 0.3 is 5.97 Å². The van der Waals surface area contributed by atoms with E-state index in [4.69, 9.17) is 9.47 Å². The first-order chi connectivity index (χ1) is 19.0. The number of rotatable bonds is 2. The summed E-state index contributed by atoms with van der Waals surface area (Å²) < 4.78 is 11.3. The number of hydrogen-bond acceptors (Lipinski definition) is 7. The van der Waals surface area contributed by atoms with Gasteiger partial charge in [-0.2, -0.15) is 0 Å². The second-order valence-corrected chi connectivity index (χ2v) is 11.1. The Kier molecular flexibility index (Phi) is 11.3. The fraction of sp³-hybridized carbons (Fsp3) is 0.600. The number of methoxy groups -OCH3 is 1. The van der Waals surface area contributed by atoms with Gasteiger partial charge in [-0.1, -0.05) is 51.1 Å². The Labute approximate surface area is 237 Å². The second kappa shape index (κ2) is 14.4. The molecule has 0 unspecified atom stereocenters. The van der Waals surface area contributed by atoms with Gasteiger partial charge in [-0.05, 0) is 68.6 Å². The Balaban J connectivity index is 1.87. The number of nitrogens with zero attached hydrogens (tertiary/aromatic N) is 1. The van der Waals surface area contributed by atoms with Gasteiger partial charge in [0.25, 0.3) is 5.91 Å². The van der Waals surface area contributed by atoms with E-state index in [1.54, 1.807) is 6.92 Å². The maximum atomic E-state index is 13.2. The van der Waals surface area contributed by atoms with Crippen molar-refractivity contribution in [3.8, 4) is 0 Å². The lowest BCUT2D eigenvalue weighted by atomic mass is 9.96. The molecule has 1 fully saturated rings. The molecule has 4 bridgehead atoms. The highest BCUT2D eigenvalue weighted by Crippen LogP contribution is 2.22. The van der Waals surface area contributed by atoms with Crippen LogP contribution in [-0.4, -0.2) is 66.6 Å². The molecule has 1 saturated heterocycles. The van der Waals surface area contributed by atoms with Crippen LogP contribution in [-0.2, 0) is 28.7 Å². The molecule has 0 aromatic heterocycles. The summed E-state index contributed by atoms with van der Waals surface area (Å²) in [5, 5.41) is 6.94. The van der Waals surface area contributed by atoms with Gasteiger partial charge in [0.15, 0.2) is 0 Å². The van der Waals surface area contributed by atoms with E-state index in [-0.39, 0.29) is 23.7 Å². The number of nitrogens with one attached hydrogen (secondary N) is 3. The molecule has 2 aliphatic heterocycles. The number of benzene rings is 1. The van der Waals surface area contributed by atoms with Crippen molar-refractivity contribution in [2.24, 2.45) is 11.8 Å². The van der Waals surface area contributed by atoms with E-state index in [0.717, 1.165) is 17.5 Å². The van der Waals surface area contributed by atoms with Gasteiger partial charge in [0.05, 0.1) is 0 Å². The van der Waals surface area contributed by atoms with Crippen LogP contribution in [0.2, 0.25) is 0 Å². The monoisotopic (exact) mass is 556 g/mol. The molecule has 3 rings (SSSR count). The highest BCUT2D eigenvalue weighted by molar-refractivity contribution is 5.93. The SMILES string of the molecule is CO[C@H]1C(=O)N[C@@H](C(C)C)C(=O)N[C@@H](C)C(=O)N2CCC[C@H](N2)C(=O)O[C@H](C)c2cccc(c2)/C=C/CC[C@H]1C. The third kappa shape index (κ3) is 8.14. The number of cyclic esters (lactones) is 1. The molecule has 2 heterocycles. The molecule has 0 saturated carbocycles. The Morgan fingerprint density at radius 1 is 1.02 bits per heavy atom. The highest BCUT2D eigenvalue weighted by Gasteiger charge is 2.35. The maximum absolute atomic E-state index is 13.2. The third-order valence-electron chi connectivity index (χ3n) is 7.51. The van der Waals surface area contributed by atoms with Crippen LogP contribution in [0.3, 0.4) is 0 Å². The zero-order valence-corrected chi connectivity index (χ0v) is 24.4. The van der Waals surface area contributed by atoms with Crippen LogP contribution in [0.1, 0.15) is 77.5 Å². The minimum atomic E-state index is -0.878. The third-order valence-corrected chi connectivity index (χ3v) is 7.51. The molecule has 0 radical (unpaired) electrons.